The Morgan fingerprint density at radius 3 is 2.84 bits per heavy atom. The maximum absolute atomic E-state index is 13.1. The first-order valence-electron chi connectivity index (χ1n) is 8.74. The largest absolute Gasteiger partial charge is 0.345 e. The van der Waals surface area contributed by atoms with Gasteiger partial charge in [-0.3, -0.25) is 9.69 Å². The smallest absolute Gasteiger partial charge is 0.229 e. The topological polar surface area (TPSA) is 36.4 Å². The van der Waals surface area contributed by atoms with Gasteiger partial charge in [0.05, 0.1) is 17.7 Å². The van der Waals surface area contributed by atoms with Crippen molar-refractivity contribution in [1.29, 1.82) is 0 Å². The van der Waals surface area contributed by atoms with E-state index in [-0.39, 0.29) is 11.2 Å². The minimum atomic E-state index is -0.233. The first-order chi connectivity index (χ1) is 12.1. The van der Waals surface area contributed by atoms with E-state index in [4.69, 9.17) is 4.98 Å². The van der Waals surface area contributed by atoms with Gasteiger partial charge >= 0.3 is 0 Å². The van der Waals surface area contributed by atoms with Crippen molar-refractivity contribution in [2.75, 3.05) is 26.7 Å². The molecule has 2 saturated heterocycles. The Labute approximate surface area is 151 Å². The van der Waals surface area contributed by atoms with Crippen LogP contribution in [0.5, 0.6) is 0 Å². The van der Waals surface area contributed by atoms with Crippen molar-refractivity contribution < 1.29 is 9.18 Å². The maximum Gasteiger partial charge on any atom is 0.229 e. The summed E-state index contributed by atoms with van der Waals surface area (Å²) >= 11 is 1.63. The number of likely N-dealkylation sites (tertiary alicyclic amines) is 2. The van der Waals surface area contributed by atoms with Crippen LogP contribution in [0.4, 0.5) is 4.39 Å². The van der Waals surface area contributed by atoms with Crippen LogP contribution < -0.4 is 0 Å². The number of thiazole rings is 1. The third-order valence-electron chi connectivity index (χ3n) is 5.43. The quantitative estimate of drug-likeness (QED) is 0.843. The van der Waals surface area contributed by atoms with E-state index >= 15 is 0 Å². The Balaban J connectivity index is 1.44. The Bertz CT molecular complexity index is 775. The average Bonchev–Trinajstić information content (AvgIpc) is 3.22. The Kier molecular flexibility index (Phi) is 4.33. The number of carbonyl (C=O) groups is 1. The zero-order valence-corrected chi connectivity index (χ0v) is 15.2. The molecule has 1 aromatic carbocycles. The van der Waals surface area contributed by atoms with E-state index in [1.54, 1.807) is 23.5 Å². The van der Waals surface area contributed by atoms with Crippen LogP contribution in [0.1, 0.15) is 24.3 Å². The van der Waals surface area contributed by atoms with Gasteiger partial charge in [0.2, 0.25) is 5.91 Å². The second kappa shape index (κ2) is 6.50. The molecule has 3 heterocycles. The number of piperidine rings is 1. The van der Waals surface area contributed by atoms with Crippen LogP contribution in [0.25, 0.3) is 11.3 Å². The summed E-state index contributed by atoms with van der Waals surface area (Å²) in [6.45, 7) is 3.45. The number of nitrogens with zero attached hydrogens (tertiary/aromatic N) is 3. The van der Waals surface area contributed by atoms with Crippen LogP contribution in [0.3, 0.4) is 0 Å². The summed E-state index contributed by atoms with van der Waals surface area (Å²) in [4.78, 5) is 21.6. The highest BCUT2D eigenvalue weighted by molar-refractivity contribution is 7.09. The molecule has 25 heavy (non-hydrogen) atoms. The molecule has 1 aromatic heterocycles. The van der Waals surface area contributed by atoms with Crippen molar-refractivity contribution >= 4 is 17.2 Å². The lowest BCUT2D eigenvalue weighted by molar-refractivity contribution is -0.143. The molecule has 1 atom stereocenters. The third kappa shape index (κ3) is 3.20. The molecule has 0 N–H and O–H groups in total. The monoisotopic (exact) mass is 359 g/mol. The number of halogens is 1. The van der Waals surface area contributed by atoms with Gasteiger partial charge in [-0.25, -0.2) is 9.37 Å². The van der Waals surface area contributed by atoms with E-state index in [0.717, 1.165) is 61.7 Å². The molecule has 2 fully saturated rings. The van der Waals surface area contributed by atoms with E-state index in [0.29, 0.717) is 5.91 Å². The van der Waals surface area contributed by atoms with Gasteiger partial charge in [0.1, 0.15) is 10.8 Å². The molecule has 4 nitrogen and oxygen atoms in total. The highest BCUT2D eigenvalue weighted by Gasteiger charge is 2.47. The summed E-state index contributed by atoms with van der Waals surface area (Å²) in [5.74, 6) is 0.0797. The lowest BCUT2D eigenvalue weighted by Gasteiger charge is -2.37. The number of carbonyl (C=O) groups excluding carboxylic acids is 1. The summed E-state index contributed by atoms with van der Waals surface area (Å²) in [5.41, 5.74) is 1.65. The summed E-state index contributed by atoms with van der Waals surface area (Å²) in [7, 11) is 1.92. The van der Waals surface area contributed by atoms with E-state index in [1.165, 1.54) is 12.1 Å². The molecular formula is C19H22FN3OS. The molecule has 0 radical (unpaired) electrons. The van der Waals surface area contributed by atoms with Crippen molar-refractivity contribution in [1.82, 2.24) is 14.8 Å². The fourth-order valence-electron chi connectivity index (χ4n) is 4.07. The van der Waals surface area contributed by atoms with Gasteiger partial charge in [-0.05, 0) is 50.1 Å². The van der Waals surface area contributed by atoms with Crippen molar-refractivity contribution in [2.24, 2.45) is 5.41 Å². The molecule has 4 rings (SSSR count). The summed E-state index contributed by atoms with van der Waals surface area (Å²) in [6, 6.07) is 6.44. The van der Waals surface area contributed by atoms with Crippen molar-refractivity contribution in [3.63, 3.8) is 0 Å². The van der Waals surface area contributed by atoms with Gasteiger partial charge < -0.3 is 4.90 Å². The van der Waals surface area contributed by atoms with Crippen molar-refractivity contribution in [3.05, 3.63) is 40.5 Å². The number of hydrogen-bond donors (Lipinski definition) is 0. The van der Waals surface area contributed by atoms with Gasteiger partial charge in [0, 0.05) is 31.1 Å². The standard InChI is InChI=1S/C19H22FN3OS/c1-22-9-2-7-19(18(22)24)8-10-23(13-19)11-17-21-16(12-25-17)14-3-5-15(20)6-4-14/h3-6,12H,2,7-11,13H2,1H3. The lowest BCUT2D eigenvalue weighted by atomic mass is 9.78. The predicted molar refractivity (Wildman–Crippen MR) is 96.7 cm³/mol. The molecule has 1 unspecified atom stereocenters. The van der Waals surface area contributed by atoms with Crippen LogP contribution in [0.2, 0.25) is 0 Å². The molecule has 2 aliphatic rings. The van der Waals surface area contributed by atoms with Gasteiger partial charge in [-0.1, -0.05) is 0 Å². The highest BCUT2D eigenvalue weighted by Crippen LogP contribution is 2.40. The zero-order valence-electron chi connectivity index (χ0n) is 14.4. The number of hydrogen-bond acceptors (Lipinski definition) is 4. The normalized spacial score (nSPS) is 24.4. The maximum atomic E-state index is 13.1. The number of benzene rings is 1. The third-order valence-corrected chi connectivity index (χ3v) is 6.27. The van der Waals surface area contributed by atoms with Crippen LogP contribution >= 0.6 is 11.3 Å². The summed E-state index contributed by atoms with van der Waals surface area (Å²) < 4.78 is 13.1. The fraction of sp³-hybridized carbons (Fsp3) is 0.474. The molecule has 132 valence electrons. The van der Waals surface area contributed by atoms with Gasteiger partial charge in [-0.2, -0.15) is 0 Å². The minimum absolute atomic E-state index is 0.177. The molecule has 0 bridgehead atoms. The Morgan fingerprint density at radius 1 is 1.24 bits per heavy atom. The van der Waals surface area contributed by atoms with Gasteiger partial charge in [0.15, 0.2) is 0 Å². The van der Waals surface area contributed by atoms with E-state index in [1.807, 2.05) is 17.3 Å². The van der Waals surface area contributed by atoms with E-state index in [9.17, 15) is 9.18 Å². The molecule has 1 amide bonds. The number of rotatable bonds is 3. The molecular weight excluding hydrogens is 337 g/mol. The second-order valence-electron chi connectivity index (χ2n) is 7.20. The van der Waals surface area contributed by atoms with Crippen LogP contribution in [-0.2, 0) is 11.3 Å². The number of aromatic nitrogens is 1. The van der Waals surface area contributed by atoms with Crippen molar-refractivity contribution in [2.45, 2.75) is 25.8 Å². The summed E-state index contributed by atoms with van der Waals surface area (Å²) in [6.07, 6.45) is 3.06. The van der Waals surface area contributed by atoms with Crippen molar-refractivity contribution in [3.8, 4) is 11.3 Å². The molecule has 0 saturated carbocycles. The Hall–Kier alpha value is -1.79. The second-order valence-corrected chi connectivity index (χ2v) is 8.15. The van der Waals surface area contributed by atoms with E-state index in [2.05, 4.69) is 4.90 Å². The van der Waals surface area contributed by atoms with Crippen LogP contribution in [-0.4, -0.2) is 47.4 Å². The first kappa shape index (κ1) is 16.7. The van der Waals surface area contributed by atoms with Gasteiger partial charge in [-0.15, -0.1) is 11.3 Å². The molecule has 2 aromatic rings. The molecule has 6 heteroatoms. The minimum Gasteiger partial charge on any atom is -0.345 e. The lowest BCUT2D eigenvalue weighted by Crippen LogP contribution is -2.48. The predicted octanol–water partition coefficient (Wildman–Crippen LogP) is 3.39. The fourth-order valence-corrected chi connectivity index (χ4v) is 4.91. The van der Waals surface area contributed by atoms with Gasteiger partial charge in [0.25, 0.3) is 0 Å². The number of amides is 1. The molecule has 2 aliphatic heterocycles. The first-order valence-corrected chi connectivity index (χ1v) is 9.62. The van der Waals surface area contributed by atoms with E-state index < -0.39 is 0 Å². The Morgan fingerprint density at radius 2 is 2.04 bits per heavy atom. The SMILES string of the molecule is CN1CCCC2(CCN(Cc3nc(-c4ccc(F)cc4)cs3)C2)C1=O. The molecule has 1 spiro atoms. The van der Waals surface area contributed by atoms with Crippen LogP contribution in [0, 0.1) is 11.2 Å². The molecule has 0 aliphatic carbocycles. The highest BCUT2D eigenvalue weighted by atomic mass is 32.1. The zero-order chi connectivity index (χ0) is 17.4. The average molecular weight is 359 g/mol. The van der Waals surface area contributed by atoms with Crippen LogP contribution in [0.15, 0.2) is 29.6 Å². The summed E-state index contributed by atoms with van der Waals surface area (Å²) in [5, 5.41) is 3.07.